The third-order valence-corrected chi connectivity index (χ3v) is 13.2. The van der Waals surface area contributed by atoms with Crippen LogP contribution in [0, 0.1) is 50.2 Å². The van der Waals surface area contributed by atoms with Gasteiger partial charge in [-0.05, 0) is 85.9 Å². The predicted molar refractivity (Wildman–Crippen MR) is 154 cm³/mol. The number of ketones is 1. The van der Waals surface area contributed by atoms with Crippen molar-refractivity contribution in [1.29, 1.82) is 0 Å². The molecule has 0 radical (unpaired) electrons. The first kappa shape index (κ1) is 31.2. The molecule has 0 aromatic rings. The summed E-state index contributed by atoms with van der Waals surface area (Å²) in [6.07, 6.45) is 9.23. The van der Waals surface area contributed by atoms with Gasteiger partial charge in [0.15, 0.2) is 0 Å². The van der Waals surface area contributed by atoms with Gasteiger partial charge in [-0.3, -0.25) is 14.4 Å². The largest absolute Gasteiger partial charge is 0.465 e. The zero-order valence-corrected chi connectivity index (χ0v) is 26.6. The van der Waals surface area contributed by atoms with E-state index in [0.29, 0.717) is 18.8 Å². The first-order valence-electron chi connectivity index (χ1n) is 15.7. The van der Waals surface area contributed by atoms with Gasteiger partial charge >= 0.3 is 11.9 Å². The van der Waals surface area contributed by atoms with E-state index in [9.17, 15) is 19.2 Å². The first-order valence-corrected chi connectivity index (χ1v) is 15.7. The number of fused-ring (bicyclic) bond motifs is 2. The Morgan fingerprint density at radius 1 is 0.875 bits per heavy atom. The lowest BCUT2D eigenvalue weighted by Crippen LogP contribution is -2.66. The van der Waals surface area contributed by atoms with E-state index < -0.39 is 5.41 Å². The van der Waals surface area contributed by atoms with Crippen LogP contribution in [0.25, 0.3) is 0 Å². The summed E-state index contributed by atoms with van der Waals surface area (Å²) >= 11 is 0. The average Bonchev–Trinajstić information content (AvgIpc) is 2.85. The fourth-order valence-electron chi connectivity index (χ4n) is 10.6. The molecule has 40 heavy (non-hydrogen) atoms. The van der Waals surface area contributed by atoms with Gasteiger partial charge in [0.2, 0.25) is 0 Å². The highest BCUT2D eigenvalue weighted by atomic mass is 16.5. The minimum Gasteiger partial charge on any atom is -0.465 e. The van der Waals surface area contributed by atoms with E-state index in [2.05, 4.69) is 48.5 Å². The molecule has 4 aliphatic rings. The zero-order chi connectivity index (χ0) is 29.9. The number of hydrogen-bond acceptors (Lipinski definition) is 6. The van der Waals surface area contributed by atoms with Crippen molar-refractivity contribution in [2.24, 2.45) is 50.2 Å². The molecule has 1 unspecified atom stereocenters. The van der Waals surface area contributed by atoms with Crippen molar-refractivity contribution in [2.75, 3.05) is 6.61 Å². The van der Waals surface area contributed by atoms with E-state index in [1.54, 1.807) is 0 Å². The topological polar surface area (TPSA) is 86.7 Å². The van der Waals surface area contributed by atoms with E-state index in [-0.39, 0.29) is 62.9 Å². The average molecular weight is 559 g/mol. The molecule has 0 bridgehead atoms. The molecule has 0 N–H and O–H groups in total. The van der Waals surface area contributed by atoms with Crippen LogP contribution in [0.5, 0.6) is 0 Å². The molecule has 4 aliphatic carbocycles. The van der Waals surface area contributed by atoms with Crippen LogP contribution in [-0.4, -0.2) is 36.7 Å². The molecule has 4 rings (SSSR count). The Morgan fingerprint density at radius 3 is 2.12 bits per heavy atom. The smallest absolute Gasteiger partial charge is 0.302 e. The van der Waals surface area contributed by atoms with E-state index in [0.717, 1.165) is 64.1 Å². The van der Waals surface area contributed by atoms with E-state index in [4.69, 9.17) is 9.47 Å². The monoisotopic (exact) mass is 558 g/mol. The predicted octanol–water partition coefficient (Wildman–Crippen LogP) is 7.11. The lowest BCUT2D eigenvalue weighted by molar-refractivity contribution is -0.217. The normalized spacial score (nSPS) is 44.1. The second kappa shape index (κ2) is 10.2. The quantitative estimate of drug-likeness (QED) is 0.255. The molecule has 0 saturated heterocycles. The number of aldehydes is 1. The summed E-state index contributed by atoms with van der Waals surface area (Å²) in [4.78, 5) is 51.1. The van der Waals surface area contributed by atoms with Crippen molar-refractivity contribution in [3.63, 3.8) is 0 Å². The van der Waals surface area contributed by atoms with Gasteiger partial charge < -0.3 is 14.3 Å². The summed E-state index contributed by atoms with van der Waals surface area (Å²) in [7, 11) is 0. The molecular weight excluding hydrogens is 504 g/mol. The van der Waals surface area contributed by atoms with E-state index in [1.807, 2.05) is 0 Å². The summed E-state index contributed by atoms with van der Waals surface area (Å²) < 4.78 is 11.5. The highest BCUT2D eigenvalue weighted by Crippen LogP contribution is 2.72. The zero-order valence-electron chi connectivity index (χ0n) is 26.6. The van der Waals surface area contributed by atoms with Crippen LogP contribution in [0.15, 0.2) is 0 Å². The highest BCUT2D eigenvalue weighted by molar-refractivity contribution is 5.89. The van der Waals surface area contributed by atoms with Gasteiger partial charge in [-0.2, -0.15) is 0 Å². The van der Waals surface area contributed by atoms with Crippen LogP contribution in [-0.2, 0) is 28.7 Å². The number of ether oxygens (including phenoxy) is 2. The molecule has 8 atom stereocenters. The molecule has 226 valence electrons. The number of rotatable bonds is 6. The van der Waals surface area contributed by atoms with Gasteiger partial charge in [0, 0.05) is 42.4 Å². The number of Topliss-reactive ketones (excluding diaryl/α,β-unsaturated/α-hetero) is 1. The van der Waals surface area contributed by atoms with Crippen LogP contribution >= 0.6 is 0 Å². The van der Waals surface area contributed by atoms with Crippen LogP contribution in [0.2, 0.25) is 0 Å². The molecule has 4 saturated carbocycles. The second-order valence-electron chi connectivity index (χ2n) is 16.2. The summed E-state index contributed by atoms with van der Waals surface area (Å²) in [5.74, 6) is 0.00168. The van der Waals surface area contributed by atoms with Crippen LogP contribution in [0.1, 0.15) is 127 Å². The van der Waals surface area contributed by atoms with Crippen molar-refractivity contribution in [1.82, 2.24) is 0 Å². The molecule has 6 heteroatoms. The van der Waals surface area contributed by atoms with Gasteiger partial charge in [0.1, 0.15) is 18.2 Å². The fraction of sp³-hybridized carbons (Fsp3) is 0.882. The lowest BCUT2D eigenvalue weighted by atomic mass is 9.36. The number of hydrogen-bond donors (Lipinski definition) is 0. The van der Waals surface area contributed by atoms with Crippen molar-refractivity contribution in [3.05, 3.63) is 0 Å². The van der Waals surface area contributed by atoms with Gasteiger partial charge in [0.25, 0.3) is 0 Å². The summed E-state index contributed by atoms with van der Waals surface area (Å²) in [6, 6.07) is 0. The van der Waals surface area contributed by atoms with Crippen molar-refractivity contribution < 1.29 is 28.7 Å². The van der Waals surface area contributed by atoms with Crippen LogP contribution in [0.3, 0.4) is 0 Å². The van der Waals surface area contributed by atoms with Gasteiger partial charge in [-0.1, -0.05) is 48.5 Å². The summed E-state index contributed by atoms with van der Waals surface area (Å²) in [5.41, 5.74) is -1.50. The Morgan fingerprint density at radius 2 is 1.52 bits per heavy atom. The third-order valence-electron chi connectivity index (χ3n) is 13.2. The Balaban J connectivity index is 1.73. The van der Waals surface area contributed by atoms with Crippen LogP contribution < -0.4 is 0 Å². The maximum absolute atomic E-state index is 15.0. The lowest BCUT2D eigenvalue weighted by Gasteiger charge is -2.68. The number of carbonyl (C=O) groups is 4. The summed E-state index contributed by atoms with van der Waals surface area (Å²) in [5, 5.41) is 0. The van der Waals surface area contributed by atoms with E-state index in [1.165, 1.54) is 13.8 Å². The maximum Gasteiger partial charge on any atom is 0.302 e. The third kappa shape index (κ3) is 4.77. The van der Waals surface area contributed by atoms with Crippen molar-refractivity contribution in [3.8, 4) is 0 Å². The second-order valence-corrected chi connectivity index (χ2v) is 16.2. The molecule has 0 aromatic heterocycles. The summed E-state index contributed by atoms with van der Waals surface area (Å²) in [6.45, 7) is 19.1. The SMILES string of the molecule is CC(=O)OC[C@]12CCC(C)(C)CC1C(=O)[C@](C)([C@]1(C)CC[C@H]3C(C)(C)[C@@H](OC(C)=O)CC[C@]3(C)[C@H]1CC=O)CC2. The fourth-order valence-corrected chi connectivity index (χ4v) is 10.6. The highest BCUT2D eigenvalue weighted by Gasteiger charge is 2.69. The Hall–Kier alpha value is -1.72. The van der Waals surface area contributed by atoms with Crippen molar-refractivity contribution in [2.45, 2.75) is 133 Å². The Kier molecular flexibility index (Phi) is 7.98. The Bertz CT molecular complexity index is 1050. The molecule has 0 heterocycles. The standard InChI is InChI=1S/C34H54O6/c1-22(36)39-21-34-17-15-29(3,4)20-24(34)28(38)33(9,16-18-34)32(8)14-10-25-30(5,6)27(40-23(2)37)11-13-31(25,7)26(32)12-19-35/h19,24-27H,10-18,20-21H2,1-9H3/t24?,25-,26+,27-,31-,32+,33+,34+/m0/s1. The molecule has 4 fully saturated rings. The number of carbonyl (C=O) groups excluding carboxylic acids is 4. The van der Waals surface area contributed by atoms with Gasteiger partial charge in [-0.25, -0.2) is 0 Å². The maximum atomic E-state index is 15.0. The van der Waals surface area contributed by atoms with Crippen molar-refractivity contribution >= 4 is 24.0 Å². The molecule has 0 spiro atoms. The minimum atomic E-state index is -0.566. The number of esters is 2. The van der Waals surface area contributed by atoms with E-state index >= 15 is 0 Å². The molecule has 0 aliphatic heterocycles. The van der Waals surface area contributed by atoms with Gasteiger partial charge in [0.05, 0.1) is 6.61 Å². The molecule has 0 aromatic carbocycles. The molecule has 6 nitrogen and oxygen atoms in total. The molecular formula is C34H54O6. The first-order chi connectivity index (χ1) is 18.4. The Labute approximate surface area is 242 Å². The van der Waals surface area contributed by atoms with Gasteiger partial charge in [-0.15, -0.1) is 0 Å². The minimum absolute atomic E-state index is 0.0559. The molecule has 0 amide bonds. The van der Waals surface area contributed by atoms with Crippen LogP contribution in [0.4, 0.5) is 0 Å².